The molecule has 0 spiro atoms. The van der Waals surface area contributed by atoms with Crippen LogP contribution in [-0.4, -0.2) is 54.8 Å². The van der Waals surface area contributed by atoms with Crippen LogP contribution in [0, 0.1) is 0 Å². The predicted molar refractivity (Wildman–Crippen MR) is 106 cm³/mol. The molecule has 0 aliphatic carbocycles. The van der Waals surface area contributed by atoms with Crippen molar-refractivity contribution in [2.75, 3.05) is 37.7 Å². The Kier molecular flexibility index (Phi) is 5.73. The van der Waals surface area contributed by atoms with Crippen molar-refractivity contribution >= 4 is 17.4 Å². The van der Waals surface area contributed by atoms with Gasteiger partial charge in [0.15, 0.2) is 0 Å². The van der Waals surface area contributed by atoms with Gasteiger partial charge in [0.1, 0.15) is 5.82 Å². The lowest BCUT2D eigenvalue weighted by Crippen LogP contribution is -2.54. The molecule has 3 heterocycles. The van der Waals surface area contributed by atoms with Crippen molar-refractivity contribution in [2.45, 2.75) is 31.3 Å². The van der Waals surface area contributed by atoms with Gasteiger partial charge >= 0.3 is 0 Å². The van der Waals surface area contributed by atoms with Crippen molar-refractivity contribution in [1.29, 1.82) is 0 Å². The van der Waals surface area contributed by atoms with Crippen LogP contribution in [0.4, 0.5) is 5.82 Å². The van der Waals surface area contributed by atoms with E-state index in [0.717, 1.165) is 50.1 Å². The van der Waals surface area contributed by atoms with Crippen molar-refractivity contribution in [2.24, 2.45) is 0 Å². The zero-order valence-corrected chi connectivity index (χ0v) is 15.8. The zero-order valence-electron chi connectivity index (χ0n) is 15.1. The van der Waals surface area contributed by atoms with Gasteiger partial charge in [-0.15, -0.1) is 0 Å². The van der Waals surface area contributed by atoms with Crippen LogP contribution in [0.3, 0.4) is 0 Å². The van der Waals surface area contributed by atoms with Crippen LogP contribution in [-0.2, 0) is 11.2 Å². The van der Waals surface area contributed by atoms with Crippen LogP contribution in [0.1, 0.15) is 18.4 Å². The molecular weight excluding hydrogens is 346 g/mol. The Morgan fingerprint density at radius 1 is 1.04 bits per heavy atom. The van der Waals surface area contributed by atoms with E-state index in [0.29, 0.717) is 12.1 Å². The molecule has 0 N–H and O–H groups in total. The number of rotatable bonds is 4. The van der Waals surface area contributed by atoms with Gasteiger partial charge in [0.05, 0.1) is 13.2 Å². The highest BCUT2D eigenvalue weighted by molar-refractivity contribution is 6.30. The number of nitrogens with zero attached hydrogens (tertiary/aromatic N) is 3. The first-order chi connectivity index (χ1) is 12.8. The summed E-state index contributed by atoms with van der Waals surface area (Å²) in [6.07, 6.45) is 5.28. The van der Waals surface area contributed by atoms with Crippen LogP contribution >= 0.6 is 11.6 Å². The van der Waals surface area contributed by atoms with Crippen LogP contribution < -0.4 is 4.90 Å². The second kappa shape index (κ2) is 8.38. The second-order valence-corrected chi connectivity index (χ2v) is 7.64. The number of halogens is 1. The Balaban J connectivity index is 1.38. The topological polar surface area (TPSA) is 28.6 Å². The van der Waals surface area contributed by atoms with Gasteiger partial charge in [0.25, 0.3) is 0 Å². The number of anilines is 1. The summed E-state index contributed by atoms with van der Waals surface area (Å²) >= 11 is 6.02. The Morgan fingerprint density at radius 2 is 1.85 bits per heavy atom. The van der Waals surface area contributed by atoms with E-state index in [9.17, 15) is 0 Å². The van der Waals surface area contributed by atoms with E-state index in [1.54, 1.807) is 0 Å². The van der Waals surface area contributed by atoms with Crippen molar-refractivity contribution in [3.63, 3.8) is 0 Å². The molecule has 2 saturated heterocycles. The smallest absolute Gasteiger partial charge is 0.128 e. The fourth-order valence-electron chi connectivity index (χ4n) is 4.18. The summed E-state index contributed by atoms with van der Waals surface area (Å²) in [6.45, 7) is 4.85. The minimum absolute atomic E-state index is 0.455. The van der Waals surface area contributed by atoms with Gasteiger partial charge < -0.3 is 9.64 Å². The van der Waals surface area contributed by atoms with E-state index in [-0.39, 0.29) is 0 Å². The van der Waals surface area contributed by atoms with Crippen LogP contribution in [0.25, 0.3) is 0 Å². The first-order valence-electron chi connectivity index (χ1n) is 9.53. The van der Waals surface area contributed by atoms with E-state index in [2.05, 4.69) is 39.0 Å². The molecule has 26 heavy (non-hydrogen) atoms. The molecule has 2 aromatic rings. The summed E-state index contributed by atoms with van der Waals surface area (Å²) in [5.74, 6) is 1.10. The number of morpholine rings is 1. The average molecular weight is 372 g/mol. The SMILES string of the molecule is Clc1ccc(C[C@H]2COCCN2C2CCN(c3ccccn3)CC2)cc1. The molecule has 2 fully saturated rings. The number of piperidine rings is 1. The normalized spacial score (nSPS) is 22.5. The molecule has 4 nitrogen and oxygen atoms in total. The number of hydrogen-bond donors (Lipinski definition) is 0. The highest BCUT2D eigenvalue weighted by Gasteiger charge is 2.32. The minimum Gasteiger partial charge on any atom is -0.378 e. The maximum Gasteiger partial charge on any atom is 0.128 e. The molecule has 0 unspecified atom stereocenters. The zero-order chi connectivity index (χ0) is 17.8. The summed E-state index contributed by atoms with van der Waals surface area (Å²) in [5, 5.41) is 0.799. The summed E-state index contributed by atoms with van der Waals surface area (Å²) in [4.78, 5) is 9.60. The van der Waals surface area contributed by atoms with E-state index in [4.69, 9.17) is 16.3 Å². The molecule has 1 aromatic heterocycles. The van der Waals surface area contributed by atoms with E-state index in [1.807, 2.05) is 24.4 Å². The fraction of sp³-hybridized carbons (Fsp3) is 0.476. The number of hydrogen-bond acceptors (Lipinski definition) is 4. The Bertz CT molecular complexity index is 686. The minimum atomic E-state index is 0.455. The monoisotopic (exact) mass is 371 g/mol. The molecule has 0 bridgehead atoms. The number of pyridine rings is 1. The summed E-state index contributed by atoms with van der Waals surface area (Å²) in [6, 6.07) is 15.5. The Hall–Kier alpha value is -1.62. The molecule has 0 saturated carbocycles. The van der Waals surface area contributed by atoms with Gasteiger partial charge in [-0.1, -0.05) is 29.8 Å². The molecule has 1 atom stereocenters. The molecule has 2 aliphatic rings. The van der Waals surface area contributed by atoms with E-state index < -0.39 is 0 Å². The summed E-state index contributed by atoms with van der Waals surface area (Å²) < 4.78 is 5.80. The Labute approximate surface area is 160 Å². The van der Waals surface area contributed by atoms with Crippen molar-refractivity contribution in [1.82, 2.24) is 9.88 Å². The molecule has 2 aliphatic heterocycles. The van der Waals surface area contributed by atoms with Gasteiger partial charge in [-0.3, -0.25) is 4.90 Å². The van der Waals surface area contributed by atoms with Crippen molar-refractivity contribution < 1.29 is 4.74 Å². The lowest BCUT2D eigenvalue weighted by molar-refractivity contribution is -0.0331. The molecular formula is C21H26ClN3O. The van der Waals surface area contributed by atoms with Gasteiger partial charge in [-0.05, 0) is 49.1 Å². The first-order valence-corrected chi connectivity index (χ1v) is 9.91. The molecule has 0 radical (unpaired) electrons. The largest absolute Gasteiger partial charge is 0.378 e. The highest BCUT2D eigenvalue weighted by Crippen LogP contribution is 2.25. The van der Waals surface area contributed by atoms with Crippen molar-refractivity contribution in [3.8, 4) is 0 Å². The van der Waals surface area contributed by atoms with Crippen LogP contribution in [0.5, 0.6) is 0 Å². The highest BCUT2D eigenvalue weighted by atomic mass is 35.5. The molecule has 138 valence electrons. The summed E-state index contributed by atoms with van der Waals surface area (Å²) in [7, 11) is 0. The fourth-order valence-corrected chi connectivity index (χ4v) is 4.31. The maximum atomic E-state index is 6.02. The predicted octanol–water partition coefficient (Wildman–Crippen LogP) is 3.65. The second-order valence-electron chi connectivity index (χ2n) is 7.20. The first kappa shape index (κ1) is 17.8. The van der Waals surface area contributed by atoms with Crippen LogP contribution in [0.2, 0.25) is 5.02 Å². The quantitative estimate of drug-likeness (QED) is 0.820. The number of ether oxygens (including phenoxy) is 1. The molecule has 4 rings (SSSR count). The van der Waals surface area contributed by atoms with Gasteiger partial charge in [0, 0.05) is 42.9 Å². The third kappa shape index (κ3) is 4.20. The third-order valence-corrected chi connectivity index (χ3v) is 5.82. The van der Waals surface area contributed by atoms with Gasteiger partial charge in [0.2, 0.25) is 0 Å². The van der Waals surface area contributed by atoms with E-state index in [1.165, 1.54) is 18.4 Å². The van der Waals surface area contributed by atoms with Crippen LogP contribution in [0.15, 0.2) is 48.7 Å². The van der Waals surface area contributed by atoms with Gasteiger partial charge in [-0.2, -0.15) is 0 Å². The summed E-state index contributed by atoms with van der Waals surface area (Å²) in [5.41, 5.74) is 1.33. The Morgan fingerprint density at radius 3 is 2.58 bits per heavy atom. The maximum absolute atomic E-state index is 6.02. The standard InChI is InChI=1S/C21H26ClN3O/c22-18-6-4-17(5-7-18)15-20-16-26-14-13-25(20)19-8-11-24(12-9-19)21-3-1-2-10-23-21/h1-7,10,19-20H,8-9,11-16H2/t20-/m0/s1. The molecule has 0 amide bonds. The molecule has 1 aromatic carbocycles. The lowest BCUT2D eigenvalue weighted by Gasteiger charge is -2.44. The lowest BCUT2D eigenvalue weighted by atomic mass is 9.97. The van der Waals surface area contributed by atoms with E-state index >= 15 is 0 Å². The number of aromatic nitrogens is 1. The van der Waals surface area contributed by atoms with Gasteiger partial charge in [-0.25, -0.2) is 4.98 Å². The third-order valence-electron chi connectivity index (χ3n) is 5.56. The number of benzene rings is 1. The molecule has 5 heteroatoms. The van der Waals surface area contributed by atoms with Crippen molar-refractivity contribution in [3.05, 3.63) is 59.2 Å². The average Bonchev–Trinajstić information content (AvgIpc) is 2.71.